The average molecular weight is 373 g/mol. The number of rotatable bonds is 6. The molecule has 0 saturated carbocycles. The number of carbonyl (C=O) groups is 1. The molecule has 3 aromatic carbocycles. The Morgan fingerprint density at radius 3 is 2.21 bits per heavy atom. The number of aliphatic hydroxyl groups excluding tert-OH is 1. The molecule has 0 radical (unpaired) electrons. The van der Waals surface area contributed by atoms with Crippen molar-refractivity contribution < 1.29 is 9.90 Å². The summed E-state index contributed by atoms with van der Waals surface area (Å²) in [5.41, 5.74) is 6.11. The minimum atomic E-state index is -1.18. The first-order chi connectivity index (χ1) is 13.5. The molecule has 1 amide bonds. The van der Waals surface area contributed by atoms with Crippen LogP contribution >= 0.6 is 0 Å². The highest BCUT2D eigenvalue weighted by Gasteiger charge is 2.25. The fraction of sp³-hybridized carbons (Fsp3) is 0.240. The van der Waals surface area contributed by atoms with E-state index in [9.17, 15) is 9.90 Å². The van der Waals surface area contributed by atoms with Crippen molar-refractivity contribution >= 4 is 11.6 Å². The van der Waals surface area contributed by atoms with Crippen molar-refractivity contribution in [2.75, 3.05) is 11.4 Å². The third-order valence-electron chi connectivity index (χ3n) is 5.16. The van der Waals surface area contributed by atoms with Crippen molar-refractivity contribution in [3.8, 4) is 0 Å². The second-order valence-corrected chi connectivity index (χ2v) is 7.31. The van der Waals surface area contributed by atoms with E-state index in [-0.39, 0.29) is 5.91 Å². The first-order valence-corrected chi connectivity index (χ1v) is 9.63. The minimum absolute atomic E-state index is 0.304. The van der Waals surface area contributed by atoms with E-state index in [0.29, 0.717) is 12.1 Å². The van der Waals surface area contributed by atoms with Crippen LogP contribution in [0.5, 0.6) is 0 Å². The second-order valence-electron chi connectivity index (χ2n) is 7.31. The fourth-order valence-electron chi connectivity index (χ4n) is 3.18. The monoisotopic (exact) mass is 373 g/mol. The van der Waals surface area contributed by atoms with E-state index in [1.807, 2.05) is 43.3 Å². The van der Waals surface area contributed by atoms with Gasteiger partial charge in [0.1, 0.15) is 0 Å². The molecule has 0 aliphatic heterocycles. The van der Waals surface area contributed by atoms with Crippen LogP contribution in [0.2, 0.25) is 0 Å². The molecule has 3 rings (SSSR count). The predicted molar refractivity (Wildman–Crippen MR) is 115 cm³/mol. The molecule has 3 heteroatoms. The van der Waals surface area contributed by atoms with Crippen LogP contribution < -0.4 is 4.90 Å². The summed E-state index contributed by atoms with van der Waals surface area (Å²) in [4.78, 5) is 14.9. The van der Waals surface area contributed by atoms with E-state index >= 15 is 0 Å². The molecule has 3 aromatic rings. The van der Waals surface area contributed by atoms with Gasteiger partial charge in [-0.3, -0.25) is 4.79 Å². The maximum atomic E-state index is 13.2. The van der Waals surface area contributed by atoms with E-state index in [1.54, 1.807) is 17.0 Å². The highest BCUT2D eigenvalue weighted by atomic mass is 16.3. The fourth-order valence-corrected chi connectivity index (χ4v) is 3.18. The summed E-state index contributed by atoms with van der Waals surface area (Å²) < 4.78 is 0. The molecular weight excluding hydrogens is 346 g/mol. The van der Waals surface area contributed by atoms with Gasteiger partial charge in [0.2, 0.25) is 0 Å². The quantitative estimate of drug-likeness (QED) is 0.666. The molecule has 1 N–H and O–H groups in total. The molecular formula is C25H27NO2. The zero-order valence-electron chi connectivity index (χ0n) is 16.7. The summed E-state index contributed by atoms with van der Waals surface area (Å²) in [5.74, 6) is -0.304. The number of benzene rings is 3. The third kappa shape index (κ3) is 4.68. The molecule has 0 unspecified atom stereocenters. The zero-order valence-corrected chi connectivity index (χ0v) is 16.7. The lowest BCUT2D eigenvalue weighted by Gasteiger charge is -2.26. The van der Waals surface area contributed by atoms with Crippen LogP contribution in [0.3, 0.4) is 0 Å². The molecule has 0 bridgehead atoms. The largest absolute Gasteiger partial charge is 0.378 e. The van der Waals surface area contributed by atoms with Crippen LogP contribution in [0.15, 0.2) is 72.8 Å². The van der Waals surface area contributed by atoms with Gasteiger partial charge in [-0.2, -0.15) is 0 Å². The summed E-state index contributed by atoms with van der Waals surface area (Å²) >= 11 is 0. The van der Waals surface area contributed by atoms with Crippen molar-refractivity contribution in [2.24, 2.45) is 0 Å². The molecule has 28 heavy (non-hydrogen) atoms. The number of amides is 1. The highest BCUT2D eigenvalue weighted by Crippen LogP contribution is 2.24. The predicted octanol–water partition coefficient (Wildman–Crippen LogP) is 4.92. The number of aliphatic hydroxyl groups is 1. The van der Waals surface area contributed by atoms with Crippen molar-refractivity contribution in [2.45, 2.75) is 33.3 Å². The van der Waals surface area contributed by atoms with Gasteiger partial charge in [-0.25, -0.2) is 0 Å². The van der Waals surface area contributed by atoms with E-state index in [1.165, 1.54) is 16.7 Å². The van der Waals surface area contributed by atoms with E-state index < -0.39 is 6.10 Å². The zero-order chi connectivity index (χ0) is 20.1. The number of nitrogens with zero attached hydrogens (tertiary/aromatic N) is 1. The van der Waals surface area contributed by atoms with Crippen LogP contribution in [-0.4, -0.2) is 17.6 Å². The van der Waals surface area contributed by atoms with Crippen molar-refractivity contribution in [1.29, 1.82) is 0 Å². The summed E-state index contributed by atoms with van der Waals surface area (Å²) in [7, 11) is 0. The Morgan fingerprint density at radius 1 is 0.893 bits per heavy atom. The summed E-state index contributed by atoms with van der Waals surface area (Å²) in [6.45, 7) is 6.66. The van der Waals surface area contributed by atoms with Crippen LogP contribution in [-0.2, 0) is 11.2 Å². The Kier molecular flexibility index (Phi) is 6.27. The van der Waals surface area contributed by atoms with E-state index in [0.717, 1.165) is 17.7 Å². The summed E-state index contributed by atoms with van der Waals surface area (Å²) in [5, 5.41) is 10.7. The highest BCUT2D eigenvalue weighted by molar-refractivity contribution is 5.97. The van der Waals surface area contributed by atoms with E-state index in [2.05, 4.69) is 38.1 Å². The van der Waals surface area contributed by atoms with Gasteiger partial charge in [0.05, 0.1) is 0 Å². The minimum Gasteiger partial charge on any atom is -0.378 e. The molecule has 144 valence electrons. The number of hydrogen-bond acceptors (Lipinski definition) is 2. The Balaban J connectivity index is 1.87. The van der Waals surface area contributed by atoms with Crippen LogP contribution in [0.4, 0.5) is 5.69 Å². The third-order valence-corrected chi connectivity index (χ3v) is 5.16. The lowest BCUT2D eigenvalue weighted by molar-refractivity contribution is -0.126. The molecule has 0 saturated heterocycles. The number of hydrogen-bond donors (Lipinski definition) is 1. The van der Waals surface area contributed by atoms with Crippen molar-refractivity contribution in [3.63, 3.8) is 0 Å². The second kappa shape index (κ2) is 8.85. The summed E-state index contributed by atoms with van der Waals surface area (Å²) in [6.07, 6.45) is -0.457. The molecule has 1 atom stereocenters. The maximum Gasteiger partial charge on any atom is 0.260 e. The molecule has 0 aliphatic carbocycles. The van der Waals surface area contributed by atoms with Gasteiger partial charge in [0.25, 0.3) is 5.91 Å². The molecule has 3 nitrogen and oxygen atoms in total. The topological polar surface area (TPSA) is 40.5 Å². The van der Waals surface area contributed by atoms with Gasteiger partial charge < -0.3 is 10.0 Å². The van der Waals surface area contributed by atoms with Crippen LogP contribution in [0.25, 0.3) is 0 Å². The first-order valence-electron chi connectivity index (χ1n) is 9.63. The van der Waals surface area contributed by atoms with Gasteiger partial charge in [-0.1, -0.05) is 66.2 Å². The van der Waals surface area contributed by atoms with Crippen molar-refractivity contribution in [1.82, 2.24) is 0 Å². The molecule has 0 aliphatic rings. The molecule has 0 aromatic heterocycles. The molecule has 0 heterocycles. The number of aryl methyl sites for hydroxylation is 3. The van der Waals surface area contributed by atoms with Gasteiger partial charge in [-0.15, -0.1) is 0 Å². The average Bonchev–Trinajstić information content (AvgIpc) is 2.72. The van der Waals surface area contributed by atoms with Crippen LogP contribution in [0.1, 0.15) is 33.9 Å². The summed E-state index contributed by atoms with van der Waals surface area (Å²) in [6, 6.07) is 23.4. The smallest absolute Gasteiger partial charge is 0.260 e. The van der Waals surface area contributed by atoms with Gasteiger partial charge in [-0.05, 0) is 61.6 Å². The van der Waals surface area contributed by atoms with E-state index in [4.69, 9.17) is 0 Å². The standard InChI is InChI=1S/C25H27NO2/c1-18-9-12-21(13-10-18)15-16-26(23-14-11-19(2)20(3)17-23)25(28)24(27)22-7-5-4-6-8-22/h4-14,17,24,27H,15-16H2,1-3H3/t24-/m1/s1. The lowest BCUT2D eigenvalue weighted by Crippen LogP contribution is -2.37. The first kappa shape index (κ1) is 19.8. The Hall–Kier alpha value is -2.91. The van der Waals surface area contributed by atoms with Crippen LogP contribution in [0, 0.1) is 20.8 Å². The van der Waals surface area contributed by atoms with Gasteiger partial charge in [0.15, 0.2) is 6.10 Å². The lowest BCUT2D eigenvalue weighted by atomic mass is 10.0. The maximum absolute atomic E-state index is 13.2. The number of anilines is 1. The Labute approximate surface area is 167 Å². The number of carbonyl (C=O) groups excluding carboxylic acids is 1. The van der Waals surface area contributed by atoms with Crippen molar-refractivity contribution in [3.05, 3.63) is 101 Å². The van der Waals surface area contributed by atoms with Gasteiger partial charge >= 0.3 is 0 Å². The molecule has 0 spiro atoms. The normalized spacial score (nSPS) is 11.9. The van der Waals surface area contributed by atoms with Gasteiger partial charge in [0, 0.05) is 12.2 Å². The SMILES string of the molecule is Cc1ccc(CCN(C(=O)[C@H](O)c2ccccc2)c2ccc(C)c(C)c2)cc1. The Morgan fingerprint density at radius 2 is 1.57 bits per heavy atom. The Bertz CT molecular complexity index is 933. The molecule has 0 fully saturated rings.